The van der Waals surface area contributed by atoms with Crippen molar-refractivity contribution in [2.45, 2.75) is 39.7 Å². The molecule has 5 nitrogen and oxygen atoms in total. The number of benzene rings is 1. The molecule has 0 aliphatic heterocycles. The van der Waals surface area contributed by atoms with Crippen molar-refractivity contribution in [1.82, 2.24) is 0 Å². The Morgan fingerprint density at radius 1 is 1.32 bits per heavy atom. The fourth-order valence-corrected chi connectivity index (χ4v) is 2.68. The molecular weight excluding hydrogens is 420 g/mol. The summed E-state index contributed by atoms with van der Waals surface area (Å²) in [6.45, 7) is 5.43. The Hall–Kier alpha value is -0.496. The molecule has 0 aliphatic carbocycles. The summed E-state index contributed by atoms with van der Waals surface area (Å²) in [5.74, 6) is -1.52. The van der Waals surface area contributed by atoms with Gasteiger partial charge in [0.2, 0.25) is 0 Å². The van der Waals surface area contributed by atoms with Gasteiger partial charge in [-0.05, 0) is 31.5 Å². The second-order valence-corrected chi connectivity index (χ2v) is 7.03. The Kier molecular flexibility index (Phi) is 10.4. The first kappa shape index (κ1) is 24.5. The van der Waals surface area contributed by atoms with Gasteiger partial charge in [0.1, 0.15) is 5.82 Å². The summed E-state index contributed by atoms with van der Waals surface area (Å²) in [5.41, 5.74) is 0.730. The number of hydrogen-bond donors (Lipinski definition) is 1. The molecule has 0 aromatic heterocycles. The van der Waals surface area contributed by atoms with Gasteiger partial charge in [0.05, 0.1) is 32.0 Å². The number of nitrogens with zero attached hydrogens (tertiary/aromatic N) is 1. The van der Waals surface area contributed by atoms with Gasteiger partial charge in [-0.3, -0.25) is 4.79 Å². The van der Waals surface area contributed by atoms with Gasteiger partial charge in [-0.25, -0.2) is 9.18 Å². The molecule has 1 amide bonds. The number of rotatable bonds is 7. The van der Waals surface area contributed by atoms with E-state index in [1.165, 1.54) is 6.07 Å². The molecule has 0 spiro atoms. The van der Waals surface area contributed by atoms with Gasteiger partial charge >= 0.3 is 5.97 Å². The van der Waals surface area contributed by atoms with Crippen molar-refractivity contribution >= 4 is 30.4 Å². The number of hydrogen-bond acceptors (Lipinski definition) is 4. The number of nitrogens with one attached hydrogen (secondary N) is 1. The maximum atomic E-state index is 13.7. The van der Waals surface area contributed by atoms with Crippen molar-refractivity contribution in [1.29, 1.82) is 0 Å². The summed E-state index contributed by atoms with van der Waals surface area (Å²) in [6.07, 6.45) is 1.40. The van der Waals surface area contributed by atoms with Crippen LogP contribution in [0.4, 0.5) is 10.1 Å². The smallest absolute Gasteiger partial charge is 0.340 e. The molecule has 1 unspecified atom stereocenters. The third kappa shape index (κ3) is 6.96. The minimum Gasteiger partial charge on any atom is -0.494 e. The summed E-state index contributed by atoms with van der Waals surface area (Å²) in [6, 6.07) is 1.88. The third-order valence-corrected chi connectivity index (χ3v) is 3.91. The number of ether oxygens (including phenoxy) is 1. The number of quaternary nitrogens is 1. The molecule has 0 saturated heterocycles. The molecule has 137 valence electrons. The van der Waals surface area contributed by atoms with E-state index in [1.54, 1.807) is 27.9 Å². The summed E-state index contributed by atoms with van der Waals surface area (Å²) < 4.78 is 18.7. The Morgan fingerprint density at radius 2 is 1.92 bits per heavy atom. The fraction of sp³-hybridized carbons (Fsp3) is 0.529. The average Bonchev–Trinajstić information content (AvgIpc) is 2.46. The molecule has 0 heterocycles. The van der Waals surface area contributed by atoms with E-state index >= 15 is 0 Å². The zero-order valence-electron chi connectivity index (χ0n) is 15.4. The van der Waals surface area contributed by atoms with Crippen LogP contribution in [0, 0.1) is 12.7 Å². The fourth-order valence-electron chi connectivity index (χ4n) is 2.48. The van der Waals surface area contributed by atoms with Crippen LogP contribution in [0.2, 0.25) is 0 Å². The SMILES string of the molecule is CCCC(C(=O)Nc1c(C)cc(F)cc1C(=O)OCC)[N+](C)(C)[S-].[Y]. The van der Waals surface area contributed by atoms with E-state index in [1.807, 2.05) is 6.92 Å². The number of halogens is 1. The van der Waals surface area contributed by atoms with Gasteiger partial charge in [-0.1, -0.05) is 13.3 Å². The largest absolute Gasteiger partial charge is 0.494 e. The molecule has 0 bridgehead atoms. The molecule has 0 aliphatic rings. The van der Waals surface area contributed by atoms with Gasteiger partial charge in [0.25, 0.3) is 5.91 Å². The van der Waals surface area contributed by atoms with Crippen molar-refractivity contribution in [2.24, 2.45) is 0 Å². The Bertz CT molecular complexity index is 621. The third-order valence-electron chi connectivity index (χ3n) is 3.66. The van der Waals surface area contributed by atoms with Crippen molar-refractivity contribution in [2.75, 3.05) is 26.0 Å². The number of likely N-dealkylation sites (N-methyl/N-ethyl adjacent to an activating group) is 1. The Balaban J connectivity index is 0.00000576. The maximum Gasteiger partial charge on any atom is 0.340 e. The van der Waals surface area contributed by atoms with E-state index in [0.717, 1.165) is 12.5 Å². The van der Waals surface area contributed by atoms with Crippen LogP contribution in [0.15, 0.2) is 12.1 Å². The van der Waals surface area contributed by atoms with Crippen LogP contribution in [0.25, 0.3) is 0 Å². The van der Waals surface area contributed by atoms with E-state index in [2.05, 4.69) is 5.32 Å². The zero-order valence-corrected chi connectivity index (χ0v) is 19.0. The van der Waals surface area contributed by atoms with Gasteiger partial charge in [-0.15, -0.1) is 0 Å². The molecule has 1 aromatic carbocycles. The van der Waals surface area contributed by atoms with Crippen LogP contribution < -0.4 is 5.32 Å². The normalized spacial score (nSPS) is 12.1. The first-order chi connectivity index (χ1) is 11.1. The van der Waals surface area contributed by atoms with E-state index in [0.29, 0.717) is 12.0 Å². The van der Waals surface area contributed by atoms with E-state index in [4.69, 9.17) is 17.6 Å². The molecule has 1 atom stereocenters. The molecular formula is C17H25FN2O3SY. The maximum absolute atomic E-state index is 13.7. The van der Waals surface area contributed by atoms with Crippen LogP contribution in [-0.4, -0.2) is 42.5 Å². The molecule has 1 N–H and O–H groups in total. The van der Waals surface area contributed by atoms with Gasteiger partial charge < -0.3 is 26.8 Å². The second kappa shape index (κ2) is 10.6. The second-order valence-electron chi connectivity index (χ2n) is 6.09. The predicted molar refractivity (Wildman–Crippen MR) is 93.9 cm³/mol. The standard InChI is InChI=1S/C17H25FN2O3S.Y/c1-6-8-14(20(4,5)24)16(21)19-15-11(3)9-12(18)10-13(15)17(22)23-7-2;/h9-10,14H,6-8H2,1-5H3,(H,19,21);. The van der Waals surface area contributed by atoms with Crippen LogP contribution in [0.1, 0.15) is 42.6 Å². The monoisotopic (exact) mass is 445 g/mol. The van der Waals surface area contributed by atoms with E-state index in [-0.39, 0.29) is 60.4 Å². The minimum absolute atomic E-state index is 0. The molecule has 1 radical (unpaired) electrons. The Labute approximate surface area is 179 Å². The summed E-state index contributed by atoms with van der Waals surface area (Å²) in [5, 5.41) is 2.75. The quantitative estimate of drug-likeness (QED) is 0.399. The van der Waals surface area contributed by atoms with Crippen molar-refractivity contribution in [3.8, 4) is 0 Å². The summed E-state index contributed by atoms with van der Waals surface area (Å²) in [4.78, 5) is 24.8. The van der Waals surface area contributed by atoms with Crippen molar-refractivity contribution < 1.29 is 55.3 Å². The minimum atomic E-state index is -0.672. The molecule has 1 aromatic rings. The summed E-state index contributed by atoms with van der Waals surface area (Å²) in [7, 11) is 3.53. The number of carbonyl (C=O) groups is 2. The van der Waals surface area contributed by atoms with Crippen LogP contribution in [-0.2, 0) is 55.1 Å². The number of aryl methyl sites for hydroxylation is 1. The van der Waals surface area contributed by atoms with Gasteiger partial charge in [0.15, 0.2) is 6.04 Å². The summed E-state index contributed by atoms with van der Waals surface area (Å²) >= 11 is 5.37. The number of carbonyl (C=O) groups excluding carboxylic acids is 2. The van der Waals surface area contributed by atoms with Gasteiger partial charge in [-0.2, -0.15) is 0 Å². The molecule has 8 heteroatoms. The molecule has 25 heavy (non-hydrogen) atoms. The predicted octanol–water partition coefficient (Wildman–Crippen LogP) is 2.95. The van der Waals surface area contributed by atoms with E-state index in [9.17, 15) is 14.0 Å². The van der Waals surface area contributed by atoms with Crippen molar-refractivity contribution in [3.63, 3.8) is 0 Å². The van der Waals surface area contributed by atoms with E-state index < -0.39 is 17.8 Å². The van der Waals surface area contributed by atoms with Gasteiger partial charge in [0, 0.05) is 39.1 Å². The van der Waals surface area contributed by atoms with Crippen LogP contribution in [0.5, 0.6) is 0 Å². The first-order valence-electron chi connectivity index (χ1n) is 7.94. The Morgan fingerprint density at radius 3 is 2.40 bits per heavy atom. The number of amides is 1. The molecule has 0 saturated carbocycles. The van der Waals surface area contributed by atoms with Crippen LogP contribution in [0.3, 0.4) is 0 Å². The topological polar surface area (TPSA) is 55.4 Å². The molecule has 1 rings (SSSR count). The number of esters is 1. The average molecular weight is 445 g/mol. The van der Waals surface area contributed by atoms with Crippen molar-refractivity contribution in [3.05, 3.63) is 29.1 Å². The number of anilines is 1. The molecule has 0 fully saturated rings. The zero-order chi connectivity index (χ0) is 18.5. The van der Waals surface area contributed by atoms with Crippen LogP contribution >= 0.6 is 0 Å². The first-order valence-corrected chi connectivity index (χ1v) is 8.31.